The summed E-state index contributed by atoms with van der Waals surface area (Å²) >= 11 is 1.34. The second-order valence-corrected chi connectivity index (χ2v) is 7.66. The average molecular weight is 420 g/mol. The molecule has 0 spiro atoms. The van der Waals surface area contributed by atoms with E-state index in [2.05, 4.69) is 15.3 Å². The summed E-state index contributed by atoms with van der Waals surface area (Å²) in [4.78, 5) is 33.7. The number of anilines is 1. The molecule has 0 saturated heterocycles. The third-order valence-corrected chi connectivity index (χ3v) is 5.45. The van der Waals surface area contributed by atoms with Crippen molar-refractivity contribution in [2.24, 2.45) is 0 Å². The zero-order valence-electron chi connectivity index (χ0n) is 16.6. The summed E-state index contributed by atoms with van der Waals surface area (Å²) in [7, 11) is 1.62. The Bertz CT molecular complexity index is 1280. The Labute approximate surface area is 177 Å². The van der Waals surface area contributed by atoms with Crippen LogP contribution < -0.4 is 15.6 Å². The lowest BCUT2D eigenvalue weighted by molar-refractivity contribution is -0.116. The molecule has 0 bridgehead atoms. The van der Waals surface area contributed by atoms with Gasteiger partial charge in [-0.3, -0.25) is 14.2 Å². The Balaban J connectivity index is 1.44. The van der Waals surface area contributed by atoms with Gasteiger partial charge in [-0.15, -0.1) is 11.3 Å². The van der Waals surface area contributed by atoms with E-state index in [0.29, 0.717) is 16.0 Å². The second kappa shape index (κ2) is 8.46. The molecule has 0 aliphatic carbocycles. The van der Waals surface area contributed by atoms with Crippen LogP contribution in [0.15, 0.2) is 59.0 Å². The van der Waals surface area contributed by atoms with Gasteiger partial charge in [0.05, 0.1) is 30.0 Å². The molecular formula is C22H20N4O3S. The van der Waals surface area contributed by atoms with Gasteiger partial charge in [0, 0.05) is 23.9 Å². The van der Waals surface area contributed by atoms with Crippen molar-refractivity contribution in [3.8, 4) is 17.0 Å². The highest BCUT2D eigenvalue weighted by atomic mass is 32.1. The van der Waals surface area contributed by atoms with Gasteiger partial charge in [0.2, 0.25) is 5.91 Å². The molecule has 0 aliphatic heterocycles. The summed E-state index contributed by atoms with van der Waals surface area (Å²) in [6.45, 7) is 2.24. The number of hydrogen-bond acceptors (Lipinski definition) is 6. The predicted molar refractivity (Wildman–Crippen MR) is 118 cm³/mol. The van der Waals surface area contributed by atoms with E-state index in [1.807, 2.05) is 36.6 Å². The van der Waals surface area contributed by atoms with Gasteiger partial charge in [0.1, 0.15) is 5.75 Å². The fourth-order valence-electron chi connectivity index (χ4n) is 3.15. The summed E-state index contributed by atoms with van der Waals surface area (Å²) < 4.78 is 6.86. The lowest BCUT2D eigenvalue weighted by Gasteiger charge is -2.07. The van der Waals surface area contributed by atoms with E-state index in [4.69, 9.17) is 4.74 Å². The maximum absolute atomic E-state index is 12.5. The van der Waals surface area contributed by atoms with E-state index < -0.39 is 0 Å². The lowest BCUT2D eigenvalue weighted by atomic mass is 10.1. The molecule has 2 aromatic heterocycles. The number of aryl methyl sites for hydroxylation is 2. The molecule has 0 radical (unpaired) electrons. The molecule has 2 aromatic carbocycles. The van der Waals surface area contributed by atoms with Crippen LogP contribution in [0.3, 0.4) is 0 Å². The van der Waals surface area contributed by atoms with Crippen LogP contribution in [0.5, 0.6) is 5.75 Å². The third kappa shape index (κ3) is 4.08. The monoisotopic (exact) mass is 420 g/mol. The van der Waals surface area contributed by atoms with E-state index in [1.54, 1.807) is 25.3 Å². The third-order valence-electron chi connectivity index (χ3n) is 4.69. The van der Waals surface area contributed by atoms with Crippen molar-refractivity contribution in [2.45, 2.75) is 19.9 Å². The minimum Gasteiger partial charge on any atom is -0.496 e. The SMILES string of the molecule is COc1ccc(C)cc1-c1csc(NC(=O)CCn2cnc3ccccc3c2=O)n1. The molecule has 4 rings (SSSR count). The molecule has 4 aromatic rings. The zero-order chi connectivity index (χ0) is 21.1. The van der Waals surface area contributed by atoms with Crippen LogP contribution in [0.1, 0.15) is 12.0 Å². The van der Waals surface area contributed by atoms with Crippen molar-refractivity contribution in [1.29, 1.82) is 0 Å². The highest BCUT2D eigenvalue weighted by Crippen LogP contribution is 2.33. The average Bonchev–Trinajstić information content (AvgIpc) is 3.21. The zero-order valence-corrected chi connectivity index (χ0v) is 17.4. The van der Waals surface area contributed by atoms with Gasteiger partial charge < -0.3 is 10.1 Å². The number of ether oxygens (including phenoxy) is 1. The van der Waals surface area contributed by atoms with Gasteiger partial charge in [-0.1, -0.05) is 23.8 Å². The smallest absolute Gasteiger partial charge is 0.261 e. The van der Waals surface area contributed by atoms with Crippen molar-refractivity contribution in [3.63, 3.8) is 0 Å². The maximum atomic E-state index is 12.5. The number of rotatable bonds is 6. The standard InChI is InChI=1S/C22H20N4O3S/c1-14-7-8-19(29-2)16(11-14)18-12-30-22(24-18)25-20(27)9-10-26-13-23-17-6-4-3-5-15(17)21(26)28/h3-8,11-13H,9-10H2,1-2H3,(H,24,25,27). The number of methoxy groups -OCH3 is 1. The minimum atomic E-state index is -0.216. The molecule has 0 atom stereocenters. The first kappa shape index (κ1) is 19.8. The molecule has 1 N–H and O–H groups in total. The van der Waals surface area contributed by atoms with Gasteiger partial charge in [-0.2, -0.15) is 0 Å². The van der Waals surface area contributed by atoms with Crippen molar-refractivity contribution in [2.75, 3.05) is 12.4 Å². The van der Waals surface area contributed by atoms with Gasteiger partial charge in [0.25, 0.3) is 5.56 Å². The largest absolute Gasteiger partial charge is 0.496 e. The number of nitrogens with zero attached hydrogens (tertiary/aromatic N) is 3. The molecule has 30 heavy (non-hydrogen) atoms. The van der Waals surface area contributed by atoms with Gasteiger partial charge in [-0.25, -0.2) is 9.97 Å². The molecule has 0 aliphatic rings. The van der Waals surface area contributed by atoms with Crippen molar-refractivity contribution in [1.82, 2.24) is 14.5 Å². The first-order valence-corrected chi connectivity index (χ1v) is 10.3. The van der Waals surface area contributed by atoms with Crippen molar-refractivity contribution >= 4 is 33.3 Å². The van der Waals surface area contributed by atoms with Crippen LogP contribution in [0.25, 0.3) is 22.2 Å². The van der Waals surface area contributed by atoms with E-state index in [9.17, 15) is 9.59 Å². The fourth-order valence-corrected chi connectivity index (χ4v) is 3.87. The van der Waals surface area contributed by atoms with E-state index in [0.717, 1.165) is 22.6 Å². The minimum absolute atomic E-state index is 0.141. The fraction of sp³-hybridized carbons (Fsp3) is 0.182. The quantitative estimate of drug-likeness (QED) is 0.512. The predicted octanol–water partition coefficient (Wildman–Crippen LogP) is 3.87. The number of nitrogens with one attached hydrogen (secondary N) is 1. The number of aromatic nitrogens is 3. The number of carbonyl (C=O) groups excluding carboxylic acids is 1. The number of carbonyl (C=O) groups is 1. The number of para-hydroxylation sites is 1. The molecular weight excluding hydrogens is 400 g/mol. The van der Waals surface area contributed by atoms with Crippen LogP contribution in [0.4, 0.5) is 5.13 Å². The summed E-state index contributed by atoms with van der Waals surface area (Å²) in [5.41, 5.74) is 3.20. The summed E-state index contributed by atoms with van der Waals surface area (Å²) in [5.74, 6) is 0.513. The van der Waals surface area contributed by atoms with Gasteiger partial charge >= 0.3 is 0 Å². The Hall–Kier alpha value is -3.52. The molecule has 2 heterocycles. The van der Waals surface area contributed by atoms with E-state index >= 15 is 0 Å². The Kier molecular flexibility index (Phi) is 5.58. The van der Waals surface area contributed by atoms with Crippen LogP contribution >= 0.6 is 11.3 Å². The van der Waals surface area contributed by atoms with Crippen molar-refractivity contribution in [3.05, 3.63) is 70.1 Å². The maximum Gasteiger partial charge on any atom is 0.261 e. The summed E-state index contributed by atoms with van der Waals surface area (Å²) in [6, 6.07) is 13.0. The molecule has 1 amide bonds. The normalized spacial score (nSPS) is 10.9. The van der Waals surface area contributed by atoms with E-state index in [1.165, 1.54) is 22.2 Å². The van der Waals surface area contributed by atoms with Crippen LogP contribution in [0, 0.1) is 6.92 Å². The first-order chi connectivity index (χ1) is 14.5. The molecule has 7 nitrogen and oxygen atoms in total. The van der Waals surface area contributed by atoms with Gasteiger partial charge in [-0.05, 0) is 31.2 Å². The molecule has 0 fully saturated rings. The molecule has 0 saturated carbocycles. The Morgan fingerprint density at radius 3 is 2.90 bits per heavy atom. The summed E-state index contributed by atoms with van der Waals surface area (Å²) in [5, 5.41) is 5.72. The number of fused-ring (bicyclic) bond motifs is 1. The highest BCUT2D eigenvalue weighted by Gasteiger charge is 2.13. The van der Waals surface area contributed by atoms with Crippen LogP contribution in [0.2, 0.25) is 0 Å². The topological polar surface area (TPSA) is 86.1 Å². The highest BCUT2D eigenvalue weighted by molar-refractivity contribution is 7.14. The number of amides is 1. The number of hydrogen-bond donors (Lipinski definition) is 1. The number of benzene rings is 2. The second-order valence-electron chi connectivity index (χ2n) is 6.80. The lowest BCUT2D eigenvalue weighted by Crippen LogP contribution is -2.23. The van der Waals surface area contributed by atoms with Crippen LogP contribution in [-0.4, -0.2) is 27.6 Å². The van der Waals surface area contributed by atoms with Crippen molar-refractivity contribution < 1.29 is 9.53 Å². The Morgan fingerprint density at radius 1 is 1.23 bits per heavy atom. The number of thiazole rings is 1. The van der Waals surface area contributed by atoms with E-state index in [-0.39, 0.29) is 24.4 Å². The summed E-state index contributed by atoms with van der Waals surface area (Å²) in [6.07, 6.45) is 1.62. The van der Waals surface area contributed by atoms with Gasteiger partial charge in [0.15, 0.2) is 5.13 Å². The Morgan fingerprint density at radius 2 is 2.07 bits per heavy atom. The molecule has 0 unspecified atom stereocenters. The molecule has 8 heteroatoms. The molecule has 152 valence electrons. The first-order valence-electron chi connectivity index (χ1n) is 9.40. The van der Waals surface area contributed by atoms with Crippen LogP contribution in [-0.2, 0) is 11.3 Å².